The largest absolute Gasteiger partial charge is 0.486 e. The Morgan fingerprint density at radius 1 is 1.27 bits per heavy atom. The van der Waals surface area contributed by atoms with E-state index in [9.17, 15) is 8.42 Å². The van der Waals surface area contributed by atoms with Gasteiger partial charge in [0.05, 0.1) is 17.2 Å². The number of sulfone groups is 1. The van der Waals surface area contributed by atoms with Crippen molar-refractivity contribution < 1.29 is 17.9 Å². The quantitative estimate of drug-likeness (QED) is 0.742. The molecule has 1 fully saturated rings. The fourth-order valence-corrected chi connectivity index (χ4v) is 5.62. The molecule has 0 unspecified atom stereocenters. The summed E-state index contributed by atoms with van der Waals surface area (Å²) in [5.41, 5.74) is 1.74. The van der Waals surface area contributed by atoms with E-state index in [4.69, 9.17) is 21.7 Å². The van der Waals surface area contributed by atoms with E-state index in [0.29, 0.717) is 29.9 Å². The lowest BCUT2D eigenvalue weighted by molar-refractivity contribution is 0.171. The summed E-state index contributed by atoms with van der Waals surface area (Å²) in [6.07, 6.45) is 0.574. The molecule has 0 spiro atoms. The van der Waals surface area contributed by atoms with E-state index in [1.54, 1.807) is 0 Å². The van der Waals surface area contributed by atoms with Crippen molar-refractivity contribution >= 4 is 43.6 Å². The maximum atomic E-state index is 11.5. The van der Waals surface area contributed by atoms with Crippen LogP contribution in [0.3, 0.4) is 0 Å². The summed E-state index contributed by atoms with van der Waals surface area (Å²) in [5, 5.41) is 9.03. The van der Waals surface area contributed by atoms with Gasteiger partial charge in [-0.15, -0.1) is 11.3 Å². The Morgan fingerprint density at radius 3 is 2.85 bits per heavy atom. The molecule has 2 N–H and O–H groups in total. The predicted octanol–water partition coefficient (Wildman–Crippen LogP) is 2.05. The van der Waals surface area contributed by atoms with E-state index in [1.165, 1.54) is 11.3 Å². The first-order chi connectivity index (χ1) is 12.5. The van der Waals surface area contributed by atoms with Crippen LogP contribution in [0.5, 0.6) is 11.5 Å². The molecule has 0 radical (unpaired) electrons. The van der Waals surface area contributed by atoms with E-state index in [2.05, 4.69) is 15.6 Å². The summed E-state index contributed by atoms with van der Waals surface area (Å²) in [7, 11) is -2.94. The monoisotopic (exact) mass is 411 g/mol. The van der Waals surface area contributed by atoms with Gasteiger partial charge in [-0.1, -0.05) is 0 Å². The second-order valence-corrected chi connectivity index (χ2v) is 9.59. The summed E-state index contributed by atoms with van der Waals surface area (Å²) in [6.45, 7) is 1.10. The molecule has 0 bridgehead atoms. The van der Waals surface area contributed by atoms with Crippen molar-refractivity contribution in [3.63, 3.8) is 0 Å². The molecule has 1 atom stereocenters. The SMILES string of the molecule is O=S1(=O)CC[C@@H](NC(=S)Nc2nc(-c3ccc4c(c3)OCCO4)cs2)C1. The van der Waals surface area contributed by atoms with Crippen molar-refractivity contribution in [1.82, 2.24) is 10.3 Å². The molecule has 0 saturated carbocycles. The maximum absolute atomic E-state index is 11.5. The molecule has 1 aromatic carbocycles. The summed E-state index contributed by atoms with van der Waals surface area (Å²) < 4.78 is 34.2. The third-order valence-corrected chi connectivity index (χ3v) is 6.88. The van der Waals surface area contributed by atoms with Gasteiger partial charge in [0.15, 0.2) is 31.6 Å². The van der Waals surface area contributed by atoms with Crippen LogP contribution in [0, 0.1) is 0 Å². The molecule has 2 aliphatic heterocycles. The first-order valence-corrected chi connectivity index (χ1v) is 11.2. The second kappa shape index (κ2) is 7.01. The van der Waals surface area contributed by atoms with Gasteiger partial charge in [0.2, 0.25) is 0 Å². The van der Waals surface area contributed by atoms with Crippen molar-refractivity contribution in [2.75, 3.05) is 30.0 Å². The van der Waals surface area contributed by atoms with Crippen LogP contribution in [-0.4, -0.2) is 49.3 Å². The predicted molar refractivity (Wildman–Crippen MR) is 105 cm³/mol. The van der Waals surface area contributed by atoms with E-state index in [0.717, 1.165) is 22.8 Å². The molecule has 1 aromatic heterocycles. The normalized spacial score (nSPS) is 20.5. The number of thiocarbonyl (C=S) groups is 1. The molecular weight excluding hydrogens is 394 g/mol. The smallest absolute Gasteiger partial charge is 0.189 e. The molecule has 0 aliphatic carbocycles. The van der Waals surface area contributed by atoms with E-state index >= 15 is 0 Å². The molecule has 4 rings (SSSR count). The number of fused-ring (bicyclic) bond motifs is 1. The van der Waals surface area contributed by atoms with Gasteiger partial charge in [0.25, 0.3) is 0 Å². The van der Waals surface area contributed by atoms with Crippen LogP contribution in [0.25, 0.3) is 11.3 Å². The Kier molecular flexibility index (Phi) is 4.72. The molecule has 2 aliphatic rings. The van der Waals surface area contributed by atoms with E-state index in [-0.39, 0.29) is 17.5 Å². The number of benzene rings is 1. The molecule has 7 nitrogen and oxygen atoms in total. The van der Waals surface area contributed by atoms with Gasteiger partial charge in [-0.2, -0.15) is 0 Å². The molecule has 2 aromatic rings. The van der Waals surface area contributed by atoms with Gasteiger partial charge in [-0.05, 0) is 36.8 Å². The van der Waals surface area contributed by atoms with E-state index in [1.807, 2.05) is 23.6 Å². The summed E-state index contributed by atoms with van der Waals surface area (Å²) in [6, 6.07) is 5.58. The number of anilines is 1. The van der Waals surface area contributed by atoms with Crippen LogP contribution in [0.4, 0.5) is 5.13 Å². The molecule has 26 heavy (non-hydrogen) atoms. The van der Waals surface area contributed by atoms with Crippen LogP contribution < -0.4 is 20.1 Å². The van der Waals surface area contributed by atoms with Crippen molar-refractivity contribution in [1.29, 1.82) is 0 Å². The van der Waals surface area contributed by atoms with Gasteiger partial charge in [0.1, 0.15) is 13.2 Å². The third kappa shape index (κ3) is 3.92. The molecular formula is C16H17N3O4S3. The Balaban J connectivity index is 1.41. The van der Waals surface area contributed by atoms with Gasteiger partial charge in [-0.25, -0.2) is 13.4 Å². The van der Waals surface area contributed by atoms with Crippen LogP contribution in [-0.2, 0) is 9.84 Å². The number of nitrogens with zero attached hydrogens (tertiary/aromatic N) is 1. The summed E-state index contributed by atoms with van der Waals surface area (Å²) in [4.78, 5) is 4.54. The number of rotatable bonds is 3. The topological polar surface area (TPSA) is 89.6 Å². The minimum Gasteiger partial charge on any atom is -0.486 e. The minimum atomic E-state index is -2.94. The van der Waals surface area contributed by atoms with Gasteiger partial charge in [-0.3, -0.25) is 0 Å². The molecule has 1 saturated heterocycles. The molecule has 10 heteroatoms. The Labute approximate surface area is 160 Å². The van der Waals surface area contributed by atoms with E-state index < -0.39 is 9.84 Å². The van der Waals surface area contributed by atoms with Crippen LogP contribution in [0.1, 0.15) is 6.42 Å². The van der Waals surface area contributed by atoms with Crippen molar-refractivity contribution in [3.8, 4) is 22.8 Å². The average molecular weight is 412 g/mol. The van der Waals surface area contributed by atoms with Gasteiger partial charge < -0.3 is 20.1 Å². The molecule has 0 amide bonds. The fraction of sp³-hybridized carbons (Fsp3) is 0.375. The lowest BCUT2D eigenvalue weighted by atomic mass is 10.1. The van der Waals surface area contributed by atoms with Crippen LogP contribution in [0.15, 0.2) is 23.6 Å². The number of hydrogen-bond acceptors (Lipinski definition) is 7. The zero-order chi connectivity index (χ0) is 18.1. The Bertz CT molecular complexity index is 942. The van der Waals surface area contributed by atoms with Crippen molar-refractivity contribution in [3.05, 3.63) is 23.6 Å². The number of thiazole rings is 1. The Hall–Kier alpha value is -1.91. The Morgan fingerprint density at radius 2 is 2.08 bits per heavy atom. The summed E-state index contributed by atoms with van der Waals surface area (Å²) >= 11 is 6.69. The molecule has 138 valence electrons. The van der Waals surface area contributed by atoms with Crippen molar-refractivity contribution in [2.45, 2.75) is 12.5 Å². The number of nitrogens with one attached hydrogen (secondary N) is 2. The highest BCUT2D eigenvalue weighted by Crippen LogP contribution is 2.35. The minimum absolute atomic E-state index is 0.120. The molecule has 3 heterocycles. The standard InChI is InChI=1S/C16H17N3O4S3/c20-26(21)6-3-11(9-26)17-15(24)19-16-18-12(8-25-16)10-1-2-13-14(7-10)23-5-4-22-13/h1-2,7-8,11H,3-6,9H2,(H2,17,18,19,24)/t11-/m1/s1. The lowest BCUT2D eigenvalue weighted by Crippen LogP contribution is -2.38. The van der Waals surface area contributed by atoms with Crippen LogP contribution in [0.2, 0.25) is 0 Å². The van der Waals surface area contributed by atoms with Crippen LogP contribution >= 0.6 is 23.6 Å². The van der Waals surface area contributed by atoms with Gasteiger partial charge >= 0.3 is 0 Å². The first kappa shape index (κ1) is 17.5. The zero-order valence-corrected chi connectivity index (χ0v) is 16.2. The highest BCUT2D eigenvalue weighted by atomic mass is 32.2. The number of ether oxygens (including phenoxy) is 2. The number of hydrogen-bond donors (Lipinski definition) is 2. The van der Waals surface area contributed by atoms with Crippen molar-refractivity contribution in [2.24, 2.45) is 0 Å². The highest BCUT2D eigenvalue weighted by molar-refractivity contribution is 7.91. The maximum Gasteiger partial charge on any atom is 0.189 e. The average Bonchev–Trinajstić information content (AvgIpc) is 3.20. The third-order valence-electron chi connectivity index (χ3n) is 4.13. The lowest BCUT2D eigenvalue weighted by Gasteiger charge is -2.18. The van der Waals surface area contributed by atoms with Gasteiger partial charge in [0, 0.05) is 17.0 Å². The zero-order valence-electron chi connectivity index (χ0n) is 13.7. The highest BCUT2D eigenvalue weighted by Gasteiger charge is 2.28. The summed E-state index contributed by atoms with van der Waals surface area (Å²) in [5.74, 6) is 1.79. The second-order valence-electron chi connectivity index (χ2n) is 6.09. The fourth-order valence-electron chi connectivity index (χ4n) is 2.89. The first-order valence-electron chi connectivity index (χ1n) is 8.12. The number of aromatic nitrogens is 1.